The minimum atomic E-state index is 0.679. The van der Waals surface area contributed by atoms with E-state index >= 15 is 0 Å². The monoisotopic (exact) mass is 244 g/mol. The quantitative estimate of drug-likeness (QED) is 0.821. The standard InChI is InChI=1S/C14H16N2O2/c1-10-13(9-17)14(16-15-10)7-6-11-4-3-5-12(8-11)18-2/h3-5,8-9H,6-7H2,1-2H3,(H,15,16). The number of hydrogen-bond acceptors (Lipinski definition) is 3. The molecule has 0 atom stereocenters. The van der Waals surface area contributed by atoms with Gasteiger partial charge in [-0.1, -0.05) is 12.1 Å². The molecule has 1 heterocycles. The summed E-state index contributed by atoms with van der Waals surface area (Å²) in [7, 11) is 1.65. The third kappa shape index (κ3) is 2.59. The van der Waals surface area contributed by atoms with Crippen molar-refractivity contribution in [2.45, 2.75) is 19.8 Å². The summed E-state index contributed by atoms with van der Waals surface area (Å²) in [6.45, 7) is 1.85. The molecule has 1 N–H and O–H groups in total. The molecule has 2 aromatic rings. The smallest absolute Gasteiger partial charge is 0.153 e. The maximum absolute atomic E-state index is 10.9. The van der Waals surface area contributed by atoms with Crippen molar-refractivity contribution in [2.24, 2.45) is 0 Å². The van der Waals surface area contributed by atoms with E-state index in [0.717, 1.165) is 36.3 Å². The number of ether oxygens (including phenoxy) is 1. The number of H-pyrrole nitrogens is 1. The molecule has 0 spiro atoms. The summed E-state index contributed by atoms with van der Waals surface area (Å²) in [6.07, 6.45) is 2.44. The van der Waals surface area contributed by atoms with Gasteiger partial charge in [0.2, 0.25) is 0 Å². The summed E-state index contributed by atoms with van der Waals surface area (Å²) in [5.41, 5.74) is 3.50. The fourth-order valence-corrected chi connectivity index (χ4v) is 1.93. The normalized spacial score (nSPS) is 10.3. The predicted octanol–water partition coefficient (Wildman–Crippen LogP) is 2.32. The van der Waals surface area contributed by atoms with Gasteiger partial charge >= 0.3 is 0 Å². The second-order valence-corrected chi connectivity index (χ2v) is 4.18. The van der Waals surface area contributed by atoms with Crippen molar-refractivity contribution >= 4 is 6.29 Å². The zero-order valence-electron chi connectivity index (χ0n) is 10.6. The lowest BCUT2D eigenvalue weighted by atomic mass is 10.1. The summed E-state index contributed by atoms with van der Waals surface area (Å²) >= 11 is 0. The Labute approximate surface area is 106 Å². The van der Waals surface area contributed by atoms with Crippen molar-refractivity contribution in [1.29, 1.82) is 0 Å². The minimum absolute atomic E-state index is 0.679. The van der Waals surface area contributed by atoms with E-state index in [4.69, 9.17) is 4.74 Å². The Bertz CT molecular complexity index is 546. The Morgan fingerprint density at radius 3 is 2.94 bits per heavy atom. The topological polar surface area (TPSA) is 55.0 Å². The van der Waals surface area contributed by atoms with Crippen LogP contribution in [0.5, 0.6) is 5.75 Å². The van der Waals surface area contributed by atoms with Crippen LogP contribution in [0.1, 0.15) is 27.3 Å². The fraction of sp³-hybridized carbons (Fsp3) is 0.286. The molecule has 1 aromatic carbocycles. The number of methoxy groups -OCH3 is 1. The van der Waals surface area contributed by atoms with Gasteiger partial charge in [-0.15, -0.1) is 0 Å². The molecule has 94 valence electrons. The Balaban J connectivity index is 2.08. The van der Waals surface area contributed by atoms with Crippen LogP contribution in [0, 0.1) is 6.92 Å². The number of rotatable bonds is 5. The molecular weight excluding hydrogens is 228 g/mol. The first-order valence-corrected chi connectivity index (χ1v) is 5.86. The number of carbonyl (C=O) groups excluding carboxylic acids is 1. The molecule has 18 heavy (non-hydrogen) atoms. The number of carbonyl (C=O) groups is 1. The van der Waals surface area contributed by atoms with Crippen LogP contribution in [-0.4, -0.2) is 23.6 Å². The van der Waals surface area contributed by atoms with E-state index < -0.39 is 0 Å². The number of nitrogens with one attached hydrogen (secondary N) is 1. The zero-order valence-corrected chi connectivity index (χ0v) is 10.6. The van der Waals surface area contributed by atoms with Crippen LogP contribution >= 0.6 is 0 Å². The molecule has 0 saturated carbocycles. The summed E-state index contributed by atoms with van der Waals surface area (Å²) in [4.78, 5) is 10.9. The van der Waals surface area contributed by atoms with E-state index in [1.165, 1.54) is 5.56 Å². The predicted molar refractivity (Wildman–Crippen MR) is 69.1 cm³/mol. The maximum atomic E-state index is 10.9. The van der Waals surface area contributed by atoms with Gasteiger partial charge in [0.1, 0.15) is 5.75 Å². The zero-order chi connectivity index (χ0) is 13.0. The van der Waals surface area contributed by atoms with Crippen LogP contribution in [0.25, 0.3) is 0 Å². The summed E-state index contributed by atoms with van der Waals surface area (Å²) < 4.78 is 5.18. The van der Waals surface area contributed by atoms with Gasteiger partial charge in [-0.2, -0.15) is 5.10 Å². The molecule has 0 aliphatic rings. The van der Waals surface area contributed by atoms with Gasteiger partial charge in [-0.05, 0) is 37.5 Å². The number of aryl methyl sites for hydroxylation is 3. The number of benzene rings is 1. The Kier molecular flexibility index (Phi) is 3.77. The number of hydrogen-bond donors (Lipinski definition) is 1. The number of aromatic amines is 1. The molecule has 0 amide bonds. The van der Waals surface area contributed by atoms with E-state index in [2.05, 4.69) is 10.2 Å². The second kappa shape index (κ2) is 5.49. The van der Waals surface area contributed by atoms with Crippen molar-refractivity contribution in [3.8, 4) is 5.75 Å². The first kappa shape index (κ1) is 12.4. The van der Waals surface area contributed by atoms with E-state index in [9.17, 15) is 4.79 Å². The molecule has 2 rings (SSSR count). The first-order chi connectivity index (χ1) is 8.74. The van der Waals surface area contributed by atoms with Crippen molar-refractivity contribution in [2.75, 3.05) is 7.11 Å². The van der Waals surface area contributed by atoms with Gasteiger partial charge in [0, 0.05) is 5.69 Å². The highest BCUT2D eigenvalue weighted by Crippen LogP contribution is 2.16. The van der Waals surface area contributed by atoms with Gasteiger partial charge in [-0.3, -0.25) is 9.89 Å². The third-order valence-corrected chi connectivity index (χ3v) is 2.98. The van der Waals surface area contributed by atoms with Crippen LogP contribution in [0.3, 0.4) is 0 Å². The molecule has 0 aliphatic heterocycles. The Hall–Kier alpha value is -2.10. The molecular formula is C14H16N2O2. The molecule has 0 saturated heterocycles. The summed E-state index contributed by atoms with van der Waals surface area (Å²) in [5, 5.41) is 7.00. The lowest BCUT2D eigenvalue weighted by Crippen LogP contribution is -1.96. The van der Waals surface area contributed by atoms with E-state index in [0.29, 0.717) is 5.56 Å². The van der Waals surface area contributed by atoms with Gasteiger partial charge < -0.3 is 4.74 Å². The van der Waals surface area contributed by atoms with Crippen LogP contribution in [0.4, 0.5) is 0 Å². The average molecular weight is 244 g/mol. The first-order valence-electron chi connectivity index (χ1n) is 5.86. The van der Waals surface area contributed by atoms with Gasteiger partial charge in [0.25, 0.3) is 0 Å². The Morgan fingerprint density at radius 1 is 1.39 bits per heavy atom. The number of aromatic nitrogens is 2. The highest BCUT2D eigenvalue weighted by atomic mass is 16.5. The van der Waals surface area contributed by atoms with E-state index in [1.807, 2.05) is 31.2 Å². The number of nitrogens with zero attached hydrogens (tertiary/aromatic N) is 1. The largest absolute Gasteiger partial charge is 0.497 e. The average Bonchev–Trinajstić information content (AvgIpc) is 2.77. The van der Waals surface area contributed by atoms with Crippen LogP contribution in [0.15, 0.2) is 24.3 Å². The highest BCUT2D eigenvalue weighted by Gasteiger charge is 2.09. The van der Waals surface area contributed by atoms with Gasteiger partial charge in [-0.25, -0.2) is 0 Å². The number of aldehydes is 1. The lowest BCUT2D eigenvalue weighted by Gasteiger charge is -2.03. The van der Waals surface area contributed by atoms with Gasteiger partial charge in [0.05, 0.1) is 18.4 Å². The maximum Gasteiger partial charge on any atom is 0.153 e. The SMILES string of the molecule is COc1cccc(CCc2n[nH]c(C)c2C=O)c1. The molecule has 4 nitrogen and oxygen atoms in total. The molecule has 1 aromatic heterocycles. The summed E-state index contributed by atoms with van der Waals surface area (Å²) in [6, 6.07) is 7.92. The van der Waals surface area contributed by atoms with Crippen LogP contribution in [-0.2, 0) is 12.8 Å². The van der Waals surface area contributed by atoms with E-state index in [1.54, 1.807) is 7.11 Å². The van der Waals surface area contributed by atoms with Crippen LogP contribution in [0.2, 0.25) is 0 Å². The lowest BCUT2D eigenvalue weighted by molar-refractivity contribution is 0.112. The third-order valence-electron chi connectivity index (χ3n) is 2.98. The molecule has 4 heteroatoms. The van der Waals surface area contributed by atoms with E-state index in [-0.39, 0.29) is 0 Å². The molecule has 0 fully saturated rings. The minimum Gasteiger partial charge on any atom is -0.497 e. The van der Waals surface area contributed by atoms with Crippen molar-refractivity contribution < 1.29 is 9.53 Å². The van der Waals surface area contributed by atoms with Crippen molar-refractivity contribution in [3.63, 3.8) is 0 Å². The van der Waals surface area contributed by atoms with Crippen molar-refractivity contribution in [1.82, 2.24) is 10.2 Å². The Morgan fingerprint density at radius 2 is 2.22 bits per heavy atom. The second-order valence-electron chi connectivity index (χ2n) is 4.18. The molecule has 0 aliphatic carbocycles. The molecule has 0 unspecified atom stereocenters. The highest BCUT2D eigenvalue weighted by molar-refractivity contribution is 5.78. The molecule has 0 bridgehead atoms. The van der Waals surface area contributed by atoms with Gasteiger partial charge in [0.15, 0.2) is 6.29 Å². The van der Waals surface area contributed by atoms with Crippen molar-refractivity contribution in [3.05, 3.63) is 46.8 Å². The fourth-order valence-electron chi connectivity index (χ4n) is 1.93. The molecule has 0 radical (unpaired) electrons. The summed E-state index contributed by atoms with van der Waals surface area (Å²) in [5.74, 6) is 0.848. The van der Waals surface area contributed by atoms with Crippen LogP contribution < -0.4 is 4.74 Å².